The Bertz CT molecular complexity index is 4760. The molecule has 1 spiro atoms. The average Bonchev–Trinajstić information content (AvgIpc) is 1.66. The van der Waals surface area contributed by atoms with Gasteiger partial charge in [-0.2, -0.15) is 50.2 Å². The van der Waals surface area contributed by atoms with Crippen molar-refractivity contribution < 1.29 is 62.8 Å². The molecule has 0 unspecified atom stereocenters. The van der Waals surface area contributed by atoms with E-state index in [1.54, 1.807) is 36.4 Å². The number of anilines is 9. The van der Waals surface area contributed by atoms with Crippen molar-refractivity contribution in [3.05, 3.63) is 93.7 Å². The van der Waals surface area contributed by atoms with Gasteiger partial charge in [-0.05, 0) is 122 Å². The van der Waals surface area contributed by atoms with E-state index in [0.717, 1.165) is 67.7 Å². The van der Waals surface area contributed by atoms with E-state index in [2.05, 4.69) is 31.3 Å². The van der Waals surface area contributed by atoms with Gasteiger partial charge in [0.15, 0.2) is 10.9 Å². The number of quaternary nitrogens is 1. The van der Waals surface area contributed by atoms with Crippen molar-refractivity contribution in [3.63, 3.8) is 0 Å². The summed E-state index contributed by atoms with van der Waals surface area (Å²) in [6.07, 6.45) is 8.42. The molecule has 3 aliphatic heterocycles. The van der Waals surface area contributed by atoms with Gasteiger partial charge in [-0.1, -0.05) is 58.7 Å². The minimum absolute atomic E-state index is 0.0247. The van der Waals surface area contributed by atoms with Crippen LogP contribution in [0.15, 0.2) is 119 Å². The maximum absolute atomic E-state index is 14.1. The number of aromatic nitrogens is 5. The molecule has 0 saturated carbocycles. The number of thiazole rings is 2. The highest BCUT2D eigenvalue weighted by molar-refractivity contribution is 8.00. The molecule has 3 aromatic heterocycles. The number of benzene rings is 4. The number of azo groups is 2. The second kappa shape index (κ2) is 32.4. The van der Waals surface area contributed by atoms with Crippen molar-refractivity contribution in [3.8, 4) is 11.5 Å². The molecule has 2 saturated heterocycles. The van der Waals surface area contributed by atoms with Crippen molar-refractivity contribution in [1.29, 1.82) is 0 Å². The average molecular weight is 1500 g/mol. The Labute approximate surface area is 596 Å². The number of amides is 2. The Morgan fingerprint density at radius 3 is 1.67 bits per heavy atom. The minimum atomic E-state index is -4.77. The number of nitrogens with zero attached hydrogens (tertiary/aromatic N) is 13. The number of rotatable bonds is 29. The number of hydrogen-bond acceptors (Lipinski definition) is 28. The molecule has 7 aromatic rings. The lowest BCUT2D eigenvalue weighted by atomic mass is 10.0. The molecule has 536 valence electrons. The van der Waals surface area contributed by atoms with Gasteiger partial charge in [0.2, 0.25) is 28.0 Å². The SMILES string of the molecule is CCN(CC)c1cc(Nc2nc(Nc3cc(N(CC)CC)c(OC)cc3N=Nc3nc4c(s3)C=C(C(=O)Nc3ccccc3S(=O)(=O)O)C[N+]43CCCCC3)nc(SCCS(=O)(=O)O)n2)c(N=Nc2nc(N3CCCCC3)c(C=C(C(C)=O)C(=O)Nc3ccccc3S(=O)(=O)O)s2)cc1OC. The molecule has 0 atom stereocenters. The van der Waals surface area contributed by atoms with Gasteiger partial charge in [-0.15, -0.1) is 20.5 Å². The van der Waals surface area contributed by atoms with Crippen LogP contribution in [0, 0.1) is 0 Å². The third-order valence-electron chi connectivity index (χ3n) is 16.8. The molecule has 0 bridgehead atoms. The van der Waals surface area contributed by atoms with Crippen LogP contribution in [0.3, 0.4) is 0 Å². The number of piperidine rings is 2. The van der Waals surface area contributed by atoms with Crippen LogP contribution in [0.1, 0.15) is 82.9 Å². The Hall–Kier alpha value is -8.92. The van der Waals surface area contributed by atoms with Crippen LogP contribution >= 0.6 is 34.4 Å². The van der Waals surface area contributed by atoms with Gasteiger partial charge >= 0.3 is 0 Å². The molecule has 31 nitrogen and oxygen atoms in total. The number of thioether (sulfide) groups is 1. The van der Waals surface area contributed by atoms with Crippen molar-refractivity contribution >= 4 is 174 Å². The third kappa shape index (κ3) is 18.2. The first-order valence-corrected chi connectivity index (χ1v) is 39.3. The van der Waals surface area contributed by atoms with E-state index >= 15 is 0 Å². The monoisotopic (exact) mass is 1500 g/mol. The van der Waals surface area contributed by atoms with Crippen LogP contribution in [-0.4, -0.2) is 166 Å². The number of ether oxygens (including phenoxy) is 2. The molecular weight excluding hydrogens is 1420 g/mol. The second-order valence-corrected chi connectivity index (χ2v) is 30.8. The number of hydrogen-bond donors (Lipinski definition) is 7. The van der Waals surface area contributed by atoms with Gasteiger partial charge in [-0.25, -0.2) is 0 Å². The predicted octanol–water partition coefficient (Wildman–Crippen LogP) is 12.4. The number of ketones is 1. The smallest absolute Gasteiger partial charge is 0.296 e. The van der Waals surface area contributed by atoms with E-state index < -0.39 is 63.5 Å². The van der Waals surface area contributed by atoms with Crippen molar-refractivity contribution in [1.82, 2.24) is 29.4 Å². The number of Topliss-reactive ketones (excluding diaryl/α,β-unsaturated/α-hetero) is 1. The molecule has 101 heavy (non-hydrogen) atoms. The second-order valence-electron chi connectivity index (χ2n) is 23.3. The van der Waals surface area contributed by atoms with E-state index in [9.17, 15) is 53.3 Å². The zero-order valence-electron chi connectivity index (χ0n) is 56.2. The maximum Gasteiger partial charge on any atom is 0.296 e. The molecule has 0 aliphatic carbocycles. The number of para-hydroxylation sites is 2. The fourth-order valence-corrected chi connectivity index (χ4v) is 16.6. The third-order valence-corrected chi connectivity index (χ3v) is 22.2. The van der Waals surface area contributed by atoms with Gasteiger partial charge in [-0.3, -0.25) is 32.5 Å². The molecule has 2 fully saturated rings. The molecule has 3 aliphatic rings. The largest absolute Gasteiger partial charge is 0.494 e. The number of fused-ring (bicyclic) bond motifs is 2. The van der Waals surface area contributed by atoms with Crippen molar-refractivity contribution in [2.24, 2.45) is 20.5 Å². The molecule has 2 amide bonds. The summed E-state index contributed by atoms with van der Waals surface area (Å²) in [4.78, 5) is 71.7. The molecular formula is C64H76N17O14S6+. The lowest BCUT2D eigenvalue weighted by Gasteiger charge is -2.41. The highest BCUT2D eigenvalue weighted by atomic mass is 32.2. The minimum Gasteiger partial charge on any atom is -0.494 e. The van der Waals surface area contributed by atoms with Gasteiger partial charge < -0.3 is 45.4 Å². The summed E-state index contributed by atoms with van der Waals surface area (Å²) < 4.78 is 115. The number of carbonyl (C=O) groups is 3. The quantitative estimate of drug-likeness (QED) is 0.00435. The van der Waals surface area contributed by atoms with Gasteiger partial charge in [0.25, 0.3) is 42.2 Å². The fraction of sp³-hybridized carbons (Fsp3) is 0.375. The fourth-order valence-electron chi connectivity index (χ4n) is 11.9. The van der Waals surface area contributed by atoms with Crippen LogP contribution in [0.4, 0.5) is 79.3 Å². The normalized spacial score (nSPS) is 14.9. The van der Waals surface area contributed by atoms with Crippen LogP contribution in [0.2, 0.25) is 0 Å². The van der Waals surface area contributed by atoms with Gasteiger partial charge in [0.05, 0.1) is 83.2 Å². The predicted molar refractivity (Wildman–Crippen MR) is 392 cm³/mol. The number of carbonyl (C=O) groups excluding carboxylic acids is 3. The molecule has 4 aromatic carbocycles. The number of nitrogens with one attached hydrogen (secondary N) is 4. The standard InChI is InChI=1S/C64H75N17O14S6/c1-8-78(9-2)48-34-44(46(36-50(48)94-6)74-76-63-69-56(80-26-18-12-19-27-80)52(97-63)33-41(39(5)82)59(84)66-43-23-15-17-25-55(43)101(91,92)93)67-60-71-61(73-62(72-60)96-30-31-99(85,86)87)68-45-35-49(79(10-3)11-4)51(95-7)37-47(45)75-77-64-70-57-53(98-64)32-40(38-81(57)28-20-13-21-29-81)58(83)65-42-22-14-16-24-54(42)100(88,89)90/h14-17,22-25,32-37H,8-13,18-21,26-31,38H2,1-7H3,(H6-,65,66,67,68,69,70,71,72,73,76,77,82,83,84,85,86,87,88,89,90,91,92,93)/p+1. The van der Waals surface area contributed by atoms with Crippen molar-refractivity contribution in [2.75, 3.05) is 121 Å². The molecule has 6 heterocycles. The Morgan fingerprint density at radius 2 is 1.17 bits per heavy atom. The molecule has 0 radical (unpaired) electrons. The van der Waals surface area contributed by atoms with E-state index in [4.69, 9.17) is 49.7 Å². The lowest BCUT2D eigenvalue weighted by molar-refractivity contribution is -0.119. The van der Waals surface area contributed by atoms with E-state index in [1.165, 1.54) is 75.0 Å². The highest BCUT2D eigenvalue weighted by Crippen LogP contribution is 2.47. The molecule has 10 rings (SSSR count). The first kappa shape index (κ1) is 74.8. The van der Waals surface area contributed by atoms with Crippen LogP contribution in [0.5, 0.6) is 11.5 Å². The Kier molecular flexibility index (Phi) is 24.0. The zero-order chi connectivity index (χ0) is 72.4. The van der Waals surface area contributed by atoms with Crippen LogP contribution in [-0.2, 0) is 44.7 Å². The zero-order valence-corrected chi connectivity index (χ0v) is 61.1. The Morgan fingerprint density at radius 1 is 0.653 bits per heavy atom. The highest BCUT2D eigenvalue weighted by Gasteiger charge is 2.43. The summed E-state index contributed by atoms with van der Waals surface area (Å²) in [5.41, 5.74) is 2.09. The summed E-state index contributed by atoms with van der Waals surface area (Å²) >= 11 is 3.17. The lowest BCUT2D eigenvalue weighted by Crippen LogP contribution is -2.56. The van der Waals surface area contributed by atoms with Crippen molar-refractivity contribution in [2.45, 2.75) is 88.1 Å². The van der Waals surface area contributed by atoms with E-state index in [1.807, 2.05) is 37.5 Å². The molecule has 37 heteroatoms. The van der Waals surface area contributed by atoms with Crippen LogP contribution in [0.25, 0.3) is 12.2 Å². The maximum atomic E-state index is 14.1. The first-order valence-electron chi connectivity index (χ1n) is 32.2. The number of methoxy groups -OCH3 is 2. The van der Waals surface area contributed by atoms with Gasteiger partial charge in [0.1, 0.15) is 49.9 Å². The van der Waals surface area contributed by atoms with Gasteiger partial charge in [0, 0.05) is 57.2 Å². The summed E-state index contributed by atoms with van der Waals surface area (Å²) in [6.45, 7) is 14.2. The summed E-state index contributed by atoms with van der Waals surface area (Å²) in [5.74, 6) is -1.07. The summed E-state index contributed by atoms with van der Waals surface area (Å²) in [7, 11) is -10.8. The topological polar surface area (TPSA) is 405 Å². The molecule has 7 N–H and O–H groups in total. The summed E-state index contributed by atoms with van der Waals surface area (Å²) in [6, 6.07) is 17.7. The first-order chi connectivity index (χ1) is 48.2. The van der Waals surface area contributed by atoms with Crippen LogP contribution < -0.4 is 49.9 Å². The van der Waals surface area contributed by atoms with E-state index in [0.29, 0.717) is 118 Å². The van der Waals surface area contributed by atoms with E-state index in [-0.39, 0.29) is 67.9 Å². The summed E-state index contributed by atoms with van der Waals surface area (Å²) in [5, 5.41) is 31.0. The Balaban J connectivity index is 1.04.